The predicted octanol–water partition coefficient (Wildman–Crippen LogP) is 3.21. The van der Waals surface area contributed by atoms with Crippen molar-refractivity contribution in [1.29, 1.82) is 0 Å². The molecule has 0 spiro atoms. The van der Waals surface area contributed by atoms with Gasteiger partial charge in [-0.1, -0.05) is 15.9 Å². The van der Waals surface area contributed by atoms with E-state index in [0.29, 0.717) is 12.5 Å². The van der Waals surface area contributed by atoms with Crippen LogP contribution < -0.4 is 15.5 Å². The van der Waals surface area contributed by atoms with Gasteiger partial charge >= 0.3 is 0 Å². The van der Waals surface area contributed by atoms with Gasteiger partial charge in [-0.2, -0.15) is 0 Å². The third-order valence-electron chi connectivity index (χ3n) is 4.18. The summed E-state index contributed by atoms with van der Waals surface area (Å²) >= 11 is 3.49. The van der Waals surface area contributed by atoms with E-state index in [1.807, 2.05) is 12.1 Å². The zero-order valence-corrected chi connectivity index (χ0v) is 16.6. The molecule has 3 rings (SSSR count). The van der Waals surface area contributed by atoms with E-state index in [4.69, 9.17) is 4.74 Å². The fraction of sp³-hybridized carbons (Fsp3) is 0.562. The van der Waals surface area contributed by atoms with Crippen LogP contribution in [0.2, 0.25) is 0 Å². The van der Waals surface area contributed by atoms with Crippen LogP contribution in [0.5, 0.6) is 0 Å². The van der Waals surface area contributed by atoms with Gasteiger partial charge in [-0.3, -0.25) is 4.79 Å². The summed E-state index contributed by atoms with van der Waals surface area (Å²) in [5.74, 6) is 0.0759. The predicted molar refractivity (Wildman–Crippen MR) is 106 cm³/mol. The number of benzene rings is 1. The minimum atomic E-state index is 0. The van der Waals surface area contributed by atoms with Crippen LogP contribution in [0.15, 0.2) is 22.7 Å². The zero-order valence-electron chi connectivity index (χ0n) is 13.4. The Labute approximate surface area is 163 Å². The van der Waals surface area contributed by atoms with E-state index in [-0.39, 0.29) is 30.7 Å². The Morgan fingerprint density at radius 3 is 2.75 bits per heavy atom. The van der Waals surface area contributed by atoms with Crippen molar-refractivity contribution < 1.29 is 9.53 Å². The van der Waals surface area contributed by atoms with Gasteiger partial charge in [0.1, 0.15) is 0 Å². The first-order valence-corrected chi connectivity index (χ1v) is 8.67. The van der Waals surface area contributed by atoms with Crippen LogP contribution >= 0.6 is 40.7 Å². The molecule has 2 saturated heterocycles. The fourth-order valence-corrected chi connectivity index (χ4v) is 3.41. The lowest BCUT2D eigenvalue weighted by Gasteiger charge is -2.30. The zero-order chi connectivity index (χ0) is 15.4. The quantitative estimate of drug-likeness (QED) is 0.754. The van der Waals surface area contributed by atoms with E-state index >= 15 is 0 Å². The Hall–Kier alpha value is -0.530. The van der Waals surface area contributed by atoms with Crippen LogP contribution in [-0.4, -0.2) is 44.8 Å². The van der Waals surface area contributed by atoms with Gasteiger partial charge in [0.05, 0.1) is 24.6 Å². The van der Waals surface area contributed by atoms with Crippen molar-refractivity contribution in [1.82, 2.24) is 5.32 Å². The largest absolute Gasteiger partial charge is 0.378 e. The maximum absolute atomic E-state index is 12.3. The van der Waals surface area contributed by atoms with Crippen LogP contribution in [0.3, 0.4) is 0 Å². The van der Waals surface area contributed by atoms with Gasteiger partial charge in [-0.05, 0) is 37.6 Å². The number of carbonyl (C=O) groups excluding carboxylic acids is 1. The van der Waals surface area contributed by atoms with Crippen LogP contribution in [0.1, 0.15) is 19.3 Å². The van der Waals surface area contributed by atoms with Gasteiger partial charge in [0.15, 0.2) is 0 Å². The van der Waals surface area contributed by atoms with Gasteiger partial charge in [0.25, 0.3) is 0 Å². The van der Waals surface area contributed by atoms with E-state index in [9.17, 15) is 4.79 Å². The smallest absolute Gasteiger partial charge is 0.225 e. The molecule has 2 aliphatic rings. The number of amides is 1. The second-order valence-electron chi connectivity index (χ2n) is 5.81. The first-order valence-electron chi connectivity index (χ1n) is 7.88. The number of halogens is 3. The van der Waals surface area contributed by atoms with Gasteiger partial charge in [-0.15, -0.1) is 24.8 Å². The second kappa shape index (κ2) is 10.5. The molecule has 1 atom stereocenters. The van der Waals surface area contributed by atoms with E-state index in [1.54, 1.807) is 0 Å². The molecule has 0 aromatic heterocycles. The Morgan fingerprint density at radius 1 is 1.33 bits per heavy atom. The molecule has 1 unspecified atom stereocenters. The molecule has 24 heavy (non-hydrogen) atoms. The summed E-state index contributed by atoms with van der Waals surface area (Å²) in [6.07, 6.45) is 2.78. The van der Waals surface area contributed by atoms with Crippen molar-refractivity contribution in [2.24, 2.45) is 0 Å². The summed E-state index contributed by atoms with van der Waals surface area (Å²) in [6, 6.07) is 6.36. The fourth-order valence-electron chi connectivity index (χ4n) is 3.04. The molecular formula is C16H24BrCl2N3O2. The average molecular weight is 441 g/mol. The average Bonchev–Trinajstić information content (AvgIpc) is 3.01. The van der Waals surface area contributed by atoms with Crippen LogP contribution in [0.25, 0.3) is 0 Å². The van der Waals surface area contributed by atoms with E-state index in [2.05, 4.69) is 37.5 Å². The number of nitrogens with zero attached hydrogens (tertiary/aromatic N) is 1. The maximum Gasteiger partial charge on any atom is 0.225 e. The minimum absolute atomic E-state index is 0. The molecule has 2 heterocycles. The molecule has 0 radical (unpaired) electrons. The molecule has 136 valence electrons. The van der Waals surface area contributed by atoms with E-state index in [1.165, 1.54) is 0 Å². The van der Waals surface area contributed by atoms with Crippen molar-refractivity contribution in [3.05, 3.63) is 22.7 Å². The molecule has 1 aromatic rings. The van der Waals surface area contributed by atoms with Gasteiger partial charge < -0.3 is 20.3 Å². The number of anilines is 2. The Balaban J connectivity index is 0.00000144. The molecule has 2 fully saturated rings. The van der Waals surface area contributed by atoms with Crippen LogP contribution in [0.4, 0.5) is 11.4 Å². The summed E-state index contributed by atoms with van der Waals surface area (Å²) < 4.78 is 6.38. The number of nitrogens with one attached hydrogen (secondary N) is 2. The van der Waals surface area contributed by atoms with Crippen molar-refractivity contribution in [3.8, 4) is 0 Å². The minimum Gasteiger partial charge on any atom is -0.378 e. The summed E-state index contributed by atoms with van der Waals surface area (Å²) in [5, 5.41) is 6.45. The number of rotatable bonds is 4. The lowest BCUT2D eigenvalue weighted by atomic mass is 10.1. The standard InChI is InChI=1S/C16H22BrN3O2.2ClH/c17-12-3-4-15(20-6-8-22-9-7-20)14(10-12)19-16(21)11-13-2-1-5-18-13;;/h3-4,10,13,18H,1-2,5-9,11H2,(H,19,21);2*1H. The monoisotopic (exact) mass is 439 g/mol. The molecule has 5 nitrogen and oxygen atoms in total. The van der Waals surface area contributed by atoms with Crippen LogP contribution in [-0.2, 0) is 9.53 Å². The Bertz CT molecular complexity index is 536. The lowest BCUT2D eigenvalue weighted by molar-refractivity contribution is -0.116. The summed E-state index contributed by atoms with van der Waals surface area (Å²) in [4.78, 5) is 14.6. The van der Waals surface area contributed by atoms with Crippen molar-refractivity contribution in [2.45, 2.75) is 25.3 Å². The topological polar surface area (TPSA) is 53.6 Å². The molecule has 0 bridgehead atoms. The number of ether oxygens (including phenoxy) is 1. The second-order valence-corrected chi connectivity index (χ2v) is 6.72. The first kappa shape index (κ1) is 21.5. The Kier molecular flexibility index (Phi) is 9.37. The summed E-state index contributed by atoms with van der Waals surface area (Å²) in [7, 11) is 0. The van der Waals surface area contributed by atoms with Gasteiger partial charge in [0, 0.05) is 30.0 Å². The summed E-state index contributed by atoms with van der Waals surface area (Å²) in [5.41, 5.74) is 1.94. The molecule has 0 aliphatic carbocycles. The number of hydrogen-bond donors (Lipinski definition) is 2. The van der Waals surface area contributed by atoms with E-state index in [0.717, 1.165) is 61.5 Å². The van der Waals surface area contributed by atoms with E-state index < -0.39 is 0 Å². The molecule has 0 saturated carbocycles. The van der Waals surface area contributed by atoms with Crippen molar-refractivity contribution >= 4 is 58.0 Å². The number of hydrogen-bond acceptors (Lipinski definition) is 4. The molecular weight excluding hydrogens is 417 g/mol. The molecule has 8 heteroatoms. The van der Waals surface area contributed by atoms with Crippen molar-refractivity contribution in [3.63, 3.8) is 0 Å². The Morgan fingerprint density at radius 2 is 2.08 bits per heavy atom. The highest BCUT2D eigenvalue weighted by Crippen LogP contribution is 2.30. The summed E-state index contributed by atoms with van der Waals surface area (Å²) in [6.45, 7) is 4.20. The highest BCUT2D eigenvalue weighted by Gasteiger charge is 2.20. The molecule has 1 amide bonds. The highest BCUT2D eigenvalue weighted by molar-refractivity contribution is 9.10. The SMILES string of the molecule is Cl.Cl.O=C(CC1CCCN1)Nc1cc(Br)ccc1N1CCOCC1. The van der Waals surface area contributed by atoms with Crippen molar-refractivity contribution in [2.75, 3.05) is 43.1 Å². The van der Waals surface area contributed by atoms with Crippen LogP contribution in [0, 0.1) is 0 Å². The molecule has 1 aromatic carbocycles. The maximum atomic E-state index is 12.3. The molecule has 2 N–H and O–H groups in total. The molecule has 2 aliphatic heterocycles. The third-order valence-corrected chi connectivity index (χ3v) is 4.67. The normalized spacial score (nSPS) is 20.0. The lowest BCUT2D eigenvalue weighted by Crippen LogP contribution is -2.37. The van der Waals surface area contributed by atoms with Gasteiger partial charge in [-0.25, -0.2) is 0 Å². The van der Waals surface area contributed by atoms with Gasteiger partial charge in [0.2, 0.25) is 5.91 Å². The number of morpholine rings is 1. The third kappa shape index (κ3) is 5.77. The first-order chi connectivity index (χ1) is 10.7. The number of carbonyl (C=O) groups is 1. The highest BCUT2D eigenvalue weighted by atomic mass is 79.9.